The van der Waals surface area contributed by atoms with Crippen LogP contribution in [0, 0.1) is 0 Å². The number of benzene rings is 1. The molecule has 24 heavy (non-hydrogen) atoms. The predicted molar refractivity (Wildman–Crippen MR) is 95.0 cm³/mol. The first-order valence-electron chi connectivity index (χ1n) is 8.85. The zero-order chi connectivity index (χ0) is 16.8. The molecule has 2 fully saturated rings. The van der Waals surface area contributed by atoms with Crippen molar-refractivity contribution in [3.63, 3.8) is 0 Å². The second-order valence-electron chi connectivity index (χ2n) is 6.30. The summed E-state index contributed by atoms with van der Waals surface area (Å²) < 4.78 is 6.02. The van der Waals surface area contributed by atoms with Crippen molar-refractivity contribution in [3.05, 3.63) is 35.9 Å². The molecule has 2 saturated heterocycles. The Labute approximate surface area is 144 Å². The minimum atomic E-state index is 0.0756. The van der Waals surface area contributed by atoms with Crippen molar-refractivity contribution in [2.75, 3.05) is 45.9 Å². The van der Waals surface area contributed by atoms with E-state index in [4.69, 9.17) is 9.84 Å². The average molecular weight is 332 g/mol. The molecule has 0 saturated carbocycles. The van der Waals surface area contributed by atoms with Crippen molar-refractivity contribution in [1.29, 1.82) is 0 Å². The summed E-state index contributed by atoms with van der Waals surface area (Å²) >= 11 is 0. The van der Waals surface area contributed by atoms with Gasteiger partial charge in [-0.05, 0) is 12.5 Å². The Hall–Kier alpha value is -1.63. The van der Waals surface area contributed by atoms with Gasteiger partial charge in [0, 0.05) is 32.7 Å². The smallest absolute Gasteiger partial charge is 0.194 e. The van der Waals surface area contributed by atoms with E-state index < -0.39 is 0 Å². The lowest BCUT2D eigenvalue weighted by Gasteiger charge is -2.36. The molecule has 0 bridgehead atoms. The van der Waals surface area contributed by atoms with Crippen LogP contribution in [0.3, 0.4) is 0 Å². The second kappa shape index (κ2) is 8.46. The fourth-order valence-corrected chi connectivity index (χ4v) is 3.53. The van der Waals surface area contributed by atoms with Gasteiger partial charge >= 0.3 is 0 Å². The van der Waals surface area contributed by atoms with E-state index in [1.54, 1.807) is 0 Å². The van der Waals surface area contributed by atoms with E-state index in [-0.39, 0.29) is 12.7 Å². The number of nitrogens with one attached hydrogen (secondary N) is 1. The molecule has 2 aliphatic rings. The van der Waals surface area contributed by atoms with Gasteiger partial charge in [-0.3, -0.25) is 9.89 Å². The van der Waals surface area contributed by atoms with Crippen LogP contribution in [-0.4, -0.2) is 78.9 Å². The number of aliphatic hydroxyl groups excluding tert-OH is 1. The van der Waals surface area contributed by atoms with Gasteiger partial charge < -0.3 is 20.1 Å². The van der Waals surface area contributed by atoms with Gasteiger partial charge in [0.05, 0.1) is 31.9 Å². The van der Waals surface area contributed by atoms with Gasteiger partial charge in [0.15, 0.2) is 5.96 Å². The van der Waals surface area contributed by atoms with Crippen LogP contribution < -0.4 is 5.32 Å². The number of guanidine groups is 1. The van der Waals surface area contributed by atoms with Crippen LogP contribution in [0.4, 0.5) is 0 Å². The van der Waals surface area contributed by atoms with Crippen LogP contribution >= 0.6 is 0 Å². The second-order valence-corrected chi connectivity index (χ2v) is 6.30. The van der Waals surface area contributed by atoms with Crippen LogP contribution in [0.5, 0.6) is 0 Å². The largest absolute Gasteiger partial charge is 0.394 e. The third-order valence-corrected chi connectivity index (χ3v) is 4.64. The van der Waals surface area contributed by atoms with Crippen molar-refractivity contribution >= 4 is 5.96 Å². The van der Waals surface area contributed by atoms with Gasteiger partial charge in [-0.15, -0.1) is 0 Å². The lowest BCUT2D eigenvalue weighted by molar-refractivity contribution is -0.0502. The first-order valence-corrected chi connectivity index (χ1v) is 8.85. The molecule has 1 aromatic rings. The van der Waals surface area contributed by atoms with E-state index in [9.17, 15) is 0 Å². The summed E-state index contributed by atoms with van der Waals surface area (Å²) in [5.74, 6) is 0.879. The quantitative estimate of drug-likeness (QED) is 0.608. The number of rotatable bonds is 5. The number of aliphatic hydroxyl groups is 1. The highest BCUT2D eigenvalue weighted by Crippen LogP contribution is 2.24. The zero-order valence-corrected chi connectivity index (χ0v) is 14.4. The SMILES string of the molecule is CCNC(=NCCO)N1CC2OCCN(Cc3ccccc3)C2C1. The molecule has 2 aliphatic heterocycles. The number of morpholine rings is 1. The maximum atomic E-state index is 9.05. The topological polar surface area (TPSA) is 60.3 Å². The maximum absolute atomic E-state index is 9.05. The van der Waals surface area contributed by atoms with Gasteiger partial charge in [0.1, 0.15) is 0 Å². The Morgan fingerprint density at radius 3 is 2.92 bits per heavy atom. The highest BCUT2D eigenvalue weighted by Gasteiger charge is 2.41. The van der Waals surface area contributed by atoms with Crippen LogP contribution in [0.15, 0.2) is 35.3 Å². The van der Waals surface area contributed by atoms with E-state index in [0.29, 0.717) is 12.6 Å². The number of hydrogen-bond donors (Lipinski definition) is 2. The van der Waals surface area contributed by atoms with E-state index in [2.05, 4.69) is 57.4 Å². The van der Waals surface area contributed by atoms with Crippen molar-refractivity contribution < 1.29 is 9.84 Å². The van der Waals surface area contributed by atoms with Crippen LogP contribution in [0.25, 0.3) is 0 Å². The number of nitrogens with zero attached hydrogens (tertiary/aromatic N) is 3. The first-order chi connectivity index (χ1) is 11.8. The summed E-state index contributed by atoms with van der Waals surface area (Å²) in [4.78, 5) is 9.28. The van der Waals surface area contributed by atoms with Crippen molar-refractivity contribution in [2.45, 2.75) is 25.6 Å². The molecule has 0 amide bonds. The molecule has 6 nitrogen and oxygen atoms in total. The molecule has 0 spiro atoms. The number of ether oxygens (including phenoxy) is 1. The minimum Gasteiger partial charge on any atom is -0.394 e. The number of hydrogen-bond acceptors (Lipinski definition) is 4. The number of aliphatic imine (C=N–C) groups is 1. The van der Waals surface area contributed by atoms with Crippen molar-refractivity contribution in [2.24, 2.45) is 4.99 Å². The Kier molecular flexibility index (Phi) is 6.07. The molecular weight excluding hydrogens is 304 g/mol. The predicted octanol–water partition coefficient (Wildman–Crippen LogP) is 0.529. The average Bonchev–Trinajstić information content (AvgIpc) is 3.05. The van der Waals surface area contributed by atoms with Gasteiger partial charge in [-0.25, -0.2) is 0 Å². The van der Waals surface area contributed by atoms with Gasteiger partial charge in [-0.1, -0.05) is 30.3 Å². The van der Waals surface area contributed by atoms with Crippen molar-refractivity contribution in [1.82, 2.24) is 15.1 Å². The fraction of sp³-hybridized carbons (Fsp3) is 0.611. The molecule has 2 unspecified atom stereocenters. The highest BCUT2D eigenvalue weighted by molar-refractivity contribution is 5.80. The molecule has 0 aromatic heterocycles. The lowest BCUT2D eigenvalue weighted by atomic mass is 10.1. The van der Waals surface area contributed by atoms with E-state index in [1.807, 2.05) is 0 Å². The molecule has 132 valence electrons. The molecule has 1 aromatic carbocycles. The summed E-state index contributed by atoms with van der Waals surface area (Å²) in [7, 11) is 0. The van der Waals surface area contributed by atoms with Crippen LogP contribution in [0.2, 0.25) is 0 Å². The standard InChI is InChI=1S/C18H28N4O2/c1-2-19-18(20-8-10-23)22-13-16-17(14-22)24-11-9-21(16)12-15-6-4-3-5-7-15/h3-7,16-17,23H,2,8-14H2,1H3,(H,19,20). The van der Waals surface area contributed by atoms with Gasteiger partial charge in [-0.2, -0.15) is 0 Å². The molecule has 0 aliphatic carbocycles. The third kappa shape index (κ3) is 4.06. The summed E-state index contributed by atoms with van der Waals surface area (Å²) in [5.41, 5.74) is 1.34. The Morgan fingerprint density at radius 1 is 1.33 bits per heavy atom. The summed E-state index contributed by atoms with van der Waals surface area (Å²) in [5, 5.41) is 12.4. The van der Waals surface area contributed by atoms with Gasteiger partial charge in [0.2, 0.25) is 0 Å². The molecule has 6 heteroatoms. The molecule has 0 radical (unpaired) electrons. The third-order valence-electron chi connectivity index (χ3n) is 4.64. The molecule has 2 atom stereocenters. The molecule has 2 N–H and O–H groups in total. The Bertz CT molecular complexity index is 537. The first kappa shape index (κ1) is 17.2. The number of fused-ring (bicyclic) bond motifs is 1. The normalized spacial score (nSPS) is 24.9. The van der Waals surface area contributed by atoms with Crippen LogP contribution in [0.1, 0.15) is 12.5 Å². The van der Waals surface area contributed by atoms with E-state index in [1.165, 1.54) is 5.56 Å². The van der Waals surface area contributed by atoms with E-state index in [0.717, 1.165) is 45.3 Å². The fourth-order valence-electron chi connectivity index (χ4n) is 3.53. The Morgan fingerprint density at radius 2 is 2.17 bits per heavy atom. The summed E-state index contributed by atoms with van der Waals surface area (Å²) in [6.45, 7) is 7.88. The summed E-state index contributed by atoms with van der Waals surface area (Å²) in [6, 6.07) is 11.0. The molecule has 3 rings (SSSR count). The Balaban J connectivity index is 1.67. The number of likely N-dealkylation sites (tertiary alicyclic amines) is 1. The lowest BCUT2D eigenvalue weighted by Crippen LogP contribution is -2.50. The molecular formula is C18H28N4O2. The summed E-state index contributed by atoms with van der Waals surface area (Å²) in [6.07, 6.45) is 0.223. The minimum absolute atomic E-state index is 0.0756. The van der Waals surface area contributed by atoms with Crippen LogP contribution in [-0.2, 0) is 11.3 Å². The van der Waals surface area contributed by atoms with Gasteiger partial charge in [0.25, 0.3) is 0 Å². The maximum Gasteiger partial charge on any atom is 0.194 e. The highest BCUT2D eigenvalue weighted by atomic mass is 16.5. The zero-order valence-electron chi connectivity index (χ0n) is 14.4. The van der Waals surface area contributed by atoms with Crippen molar-refractivity contribution in [3.8, 4) is 0 Å². The monoisotopic (exact) mass is 332 g/mol. The molecule has 2 heterocycles. The van der Waals surface area contributed by atoms with E-state index >= 15 is 0 Å².